The number of benzene rings is 2. The van der Waals surface area contributed by atoms with Crippen LogP contribution in [-0.2, 0) is 22.6 Å². The molecule has 1 N–H and O–H groups in total. The molecule has 0 saturated carbocycles. The summed E-state index contributed by atoms with van der Waals surface area (Å²) in [5, 5.41) is 3.61. The highest BCUT2D eigenvalue weighted by Crippen LogP contribution is 2.19. The number of halogens is 1. The summed E-state index contributed by atoms with van der Waals surface area (Å²) in [5.41, 5.74) is 1.95. The minimum Gasteiger partial charge on any atom is -0.352 e. The molecule has 4 nitrogen and oxygen atoms in total. The molecule has 0 aliphatic carbocycles. The summed E-state index contributed by atoms with van der Waals surface area (Å²) in [6.07, 6.45) is 1.41. The quantitative estimate of drug-likeness (QED) is 0.668. The molecule has 2 aromatic carbocycles. The molecule has 0 fully saturated rings. The minimum atomic E-state index is -0.499. The molecule has 0 spiro atoms. The summed E-state index contributed by atoms with van der Waals surface area (Å²) in [7, 11) is 0. The summed E-state index contributed by atoms with van der Waals surface area (Å²) in [6.45, 7) is 6.19. The van der Waals surface area contributed by atoms with Gasteiger partial charge in [-0.25, -0.2) is 0 Å². The second-order valence-electron chi connectivity index (χ2n) is 7.19. The van der Waals surface area contributed by atoms with Gasteiger partial charge in [0, 0.05) is 24.0 Å². The van der Waals surface area contributed by atoms with Gasteiger partial charge in [0.2, 0.25) is 11.8 Å². The molecule has 0 heterocycles. The standard InChI is InChI=1S/C23H29ClN2O2/c1-4-21(23(28)25-17(2)3)26(16-18-10-6-5-7-11-18)22(27)15-14-19-12-8-9-13-20(19)24/h5-13,17,21H,4,14-16H2,1-3H3,(H,25,28)/t21-/m0/s1. The largest absolute Gasteiger partial charge is 0.352 e. The molecule has 0 aliphatic rings. The Hall–Kier alpha value is -2.33. The first-order valence-electron chi connectivity index (χ1n) is 9.79. The van der Waals surface area contributed by atoms with Crippen molar-refractivity contribution in [3.05, 3.63) is 70.7 Å². The maximum absolute atomic E-state index is 13.1. The first-order valence-corrected chi connectivity index (χ1v) is 10.2. The zero-order chi connectivity index (χ0) is 20.5. The number of aryl methyl sites for hydroxylation is 1. The summed E-state index contributed by atoms with van der Waals surface area (Å²) < 4.78 is 0. The van der Waals surface area contributed by atoms with Crippen LogP contribution >= 0.6 is 11.6 Å². The third-order valence-electron chi connectivity index (χ3n) is 4.58. The van der Waals surface area contributed by atoms with Crippen molar-refractivity contribution in [3.63, 3.8) is 0 Å². The van der Waals surface area contributed by atoms with Crippen molar-refractivity contribution in [2.75, 3.05) is 0 Å². The fourth-order valence-electron chi connectivity index (χ4n) is 3.17. The van der Waals surface area contributed by atoms with E-state index in [9.17, 15) is 9.59 Å². The molecule has 2 amide bonds. The number of carbonyl (C=O) groups excluding carboxylic acids is 2. The Balaban J connectivity index is 2.19. The number of nitrogens with one attached hydrogen (secondary N) is 1. The lowest BCUT2D eigenvalue weighted by Crippen LogP contribution is -2.50. The molecular formula is C23H29ClN2O2. The summed E-state index contributed by atoms with van der Waals surface area (Å²) in [5.74, 6) is -0.158. The lowest BCUT2D eigenvalue weighted by molar-refractivity contribution is -0.141. The van der Waals surface area contributed by atoms with Crippen molar-refractivity contribution in [3.8, 4) is 0 Å². The monoisotopic (exact) mass is 400 g/mol. The third-order valence-corrected chi connectivity index (χ3v) is 4.95. The van der Waals surface area contributed by atoms with Gasteiger partial charge >= 0.3 is 0 Å². The average molecular weight is 401 g/mol. The highest BCUT2D eigenvalue weighted by atomic mass is 35.5. The van der Waals surface area contributed by atoms with E-state index in [1.807, 2.05) is 75.4 Å². The highest BCUT2D eigenvalue weighted by molar-refractivity contribution is 6.31. The van der Waals surface area contributed by atoms with Crippen LogP contribution in [0.1, 0.15) is 44.7 Å². The van der Waals surface area contributed by atoms with Crippen LogP contribution in [0.4, 0.5) is 0 Å². The van der Waals surface area contributed by atoms with Crippen LogP contribution in [0, 0.1) is 0 Å². The van der Waals surface area contributed by atoms with E-state index >= 15 is 0 Å². The van der Waals surface area contributed by atoms with Crippen LogP contribution < -0.4 is 5.32 Å². The van der Waals surface area contributed by atoms with Crippen LogP contribution in [0.25, 0.3) is 0 Å². The lowest BCUT2D eigenvalue weighted by Gasteiger charge is -2.31. The van der Waals surface area contributed by atoms with Gasteiger partial charge in [-0.1, -0.05) is 67.1 Å². The molecule has 0 aromatic heterocycles. The predicted molar refractivity (Wildman–Crippen MR) is 114 cm³/mol. The van der Waals surface area contributed by atoms with Crippen molar-refractivity contribution in [2.24, 2.45) is 0 Å². The number of nitrogens with zero attached hydrogens (tertiary/aromatic N) is 1. The van der Waals surface area contributed by atoms with Gasteiger partial charge in [-0.15, -0.1) is 0 Å². The van der Waals surface area contributed by atoms with Crippen LogP contribution in [0.2, 0.25) is 5.02 Å². The van der Waals surface area contributed by atoms with Gasteiger partial charge in [-0.2, -0.15) is 0 Å². The van der Waals surface area contributed by atoms with Crippen LogP contribution in [-0.4, -0.2) is 28.8 Å². The molecule has 2 rings (SSSR count). The van der Waals surface area contributed by atoms with Gasteiger partial charge in [-0.05, 0) is 43.9 Å². The summed E-state index contributed by atoms with van der Waals surface area (Å²) >= 11 is 6.23. The molecule has 5 heteroatoms. The minimum absolute atomic E-state index is 0.0263. The number of hydrogen-bond donors (Lipinski definition) is 1. The van der Waals surface area contributed by atoms with Gasteiger partial charge in [0.15, 0.2) is 0 Å². The van der Waals surface area contributed by atoms with E-state index in [-0.39, 0.29) is 17.9 Å². The Morgan fingerprint density at radius 1 is 1.04 bits per heavy atom. The first-order chi connectivity index (χ1) is 13.4. The molecule has 0 bridgehead atoms. The molecule has 28 heavy (non-hydrogen) atoms. The molecule has 1 atom stereocenters. The maximum atomic E-state index is 13.1. The zero-order valence-electron chi connectivity index (χ0n) is 16.8. The van der Waals surface area contributed by atoms with Crippen molar-refractivity contribution in [2.45, 2.75) is 58.7 Å². The van der Waals surface area contributed by atoms with E-state index in [1.54, 1.807) is 4.90 Å². The fourth-order valence-corrected chi connectivity index (χ4v) is 3.40. The number of hydrogen-bond acceptors (Lipinski definition) is 2. The number of carbonyl (C=O) groups is 2. The van der Waals surface area contributed by atoms with Gasteiger partial charge in [-0.3, -0.25) is 9.59 Å². The number of amides is 2. The lowest BCUT2D eigenvalue weighted by atomic mass is 10.1. The molecule has 2 aromatic rings. The number of rotatable bonds is 9. The van der Waals surface area contributed by atoms with E-state index in [0.717, 1.165) is 11.1 Å². The van der Waals surface area contributed by atoms with E-state index in [2.05, 4.69) is 5.32 Å². The van der Waals surface area contributed by atoms with Crippen molar-refractivity contribution >= 4 is 23.4 Å². The fraction of sp³-hybridized carbons (Fsp3) is 0.391. The van der Waals surface area contributed by atoms with E-state index in [4.69, 9.17) is 11.6 Å². The average Bonchev–Trinajstić information content (AvgIpc) is 2.67. The Bertz CT molecular complexity index is 777. The first kappa shape index (κ1) is 22.0. The zero-order valence-corrected chi connectivity index (χ0v) is 17.6. The second-order valence-corrected chi connectivity index (χ2v) is 7.59. The van der Waals surface area contributed by atoms with Crippen LogP contribution in [0.15, 0.2) is 54.6 Å². The van der Waals surface area contributed by atoms with E-state index < -0.39 is 6.04 Å². The second kappa shape index (κ2) is 10.9. The van der Waals surface area contributed by atoms with Gasteiger partial charge in [0.1, 0.15) is 6.04 Å². The SMILES string of the molecule is CC[C@@H](C(=O)NC(C)C)N(Cc1ccccc1)C(=O)CCc1ccccc1Cl. The molecule has 0 unspecified atom stereocenters. The smallest absolute Gasteiger partial charge is 0.243 e. The Morgan fingerprint density at radius 2 is 1.68 bits per heavy atom. The normalized spacial score (nSPS) is 11.9. The highest BCUT2D eigenvalue weighted by Gasteiger charge is 2.28. The molecule has 0 saturated heterocycles. The van der Waals surface area contributed by atoms with E-state index in [0.29, 0.717) is 30.8 Å². The topological polar surface area (TPSA) is 49.4 Å². The van der Waals surface area contributed by atoms with Crippen molar-refractivity contribution in [1.29, 1.82) is 0 Å². The maximum Gasteiger partial charge on any atom is 0.243 e. The van der Waals surface area contributed by atoms with Crippen molar-refractivity contribution < 1.29 is 9.59 Å². The van der Waals surface area contributed by atoms with Gasteiger partial charge in [0.05, 0.1) is 0 Å². The molecular weight excluding hydrogens is 372 g/mol. The van der Waals surface area contributed by atoms with Gasteiger partial charge < -0.3 is 10.2 Å². The molecule has 0 radical (unpaired) electrons. The van der Waals surface area contributed by atoms with E-state index in [1.165, 1.54) is 0 Å². The van der Waals surface area contributed by atoms with Gasteiger partial charge in [0.25, 0.3) is 0 Å². The van der Waals surface area contributed by atoms with Crippen LogP contribution in [0.3, 0.4) is 0 Å². The molecule has 150 valence electrons. The molecule has 0 aliphatic heterocycles. The Morgan fingerprint density at radius 3 is 2.29 bits per heavy atom. The summed E-state index contributed by atoms with van der Waals surface area (Å²) in [4.78, 5) is 27.5. The Labute approximate surface area is 172 Å². The Kier molecular flexibility index (Phi) is 8.52. The predicted octanol–water partition coefficient (Wildman–Crippen LogP) is 4.60. The van der Waals surface area contributed by atoms with Crippen LogP contribution in [0.5, 0.6) is 0 Å². The third kappa shape index (κ3) is 6.38. The summed E-state index contributed by atoms with van der Waals surface area (Å²) in [6, 6.07) is 16.8. The van der Waals surface area contributed by atoms with Crippen molar-refractivity contribution in [1.82, 2.24) is 10.2 Å².